The molecule has 1 aromatic heterocycles. The van der Waals surface area contributed by atoms with Crippen LogP contribution in [-0.2, 0) is 4.79 Å². The van der Waals surface area contributed by atoms with E-state index in [1.807, 2.05) is 4.90 Å². The summed E-state index contributed by atoms with van der Waals surface area (Å²) < 4.78 is 4.62. The number of nitro benzene ring substituents is 1. The van der Waals surface area contributed by atoms with Crippen LogP contribution in [0, 0.1) is 10.1 Å². The van der Waals surface area contributed by atoms with Gasteiger partial charge in [0.1, 0.15) is 0 Å². The second-order valence-electron chi connectivity index (χ2n) is 4.89. The quantitative estimate of drug-likeness (QED) is 0.628. The maximum Gasteiger partial charge on any atom is 0.305 e. The second kappa shape index (κ2) is 5.00. The number of anilines is 1. The Morgan fingerprint density at radius 1 is 1.43 bits per heavy atom. The molecule has 0 saturated heterocycles. The van der Waals surface area contributed by atoms with Gasteiger partial charge >= 0.3 is 11.7 Å². The van der Waals surface area contributed by atoms with Crippen LogP contribution in [0.1, 0.15) is 19.3 Å². The number of carboxylic acid groups (broad SMARTS) is 1. The summed E-state index contributed by atoms with van der Waals surface area (Å²) in [6, 6.07) is 3.16. The van der Waals surface area contributed by atoms with E-state index in [-0.39, 0.29) is 23.7 Å². The van der Waals surface area contributed by atoms with Crippen LogP contribution in [0.5, 0.6) is 0 Å². The normalized spacial score (nSPS) is 14.3. The minimum Gasteiger partial charge on any atom is -0.481 e. The molecule has 9 heteroatoms. The SMILES string of the molecule is O=C(O)CCN(c1ccc([N+](=O)[O-])c2nonc12)C1CC1. The summed E-state index contributed by atoms with van der Waals surface area (Å²) in [6.07, 6.45) is 1.91. The van der Waals surface area contributed by atoms with Crippen molar-refractivity contribution < 1.29 is 19.5 Å². The molecule has 0 atom stereocenters. The maximum absolute atomic E-state index is 11.0. The summed E-state index contributed by atoms with van der Waals surface area (Å²) in [5, 5.41) is 27.1. The zero-order valence-corrected chi connectivity index (χ0v) is 10.9. The molecule has 0 spiro atoms. The van der Waals surface area contributed by atoms with E-state index in [2.05, 4.69) is 14.9 Å². The number of hydrogen-bond acceptors (Lipinski definition) is 7. The van der Waals surface area contributed by atoms with Crippen molar-refractivity contribution in [1.29, 1.82) is 0 Å². The highest BCUT2D eigenvalue weighted by Gasteiger charge is 2.32. The molecule has 1 fully saturated rings. The molecule has 110 valence electrons. The van der Waals surface area contributed by atoms with Gasteiger partial charge < -0.3 is 10.0 Å². The van der Waals surface area contributed by atoms with E-state index in [1.165, 1.54) is 6.07 Å². The number of carboxylic acids is 1. The molecule has 1 aromatic carbocycles. The number of nitrogens with zero attached hydrogens (tertiary/aromatic N) is 4. The van der Waals surface area contributed by atoms with Crippen LogP contribution >= 0.6 is 0 Å². The Morgan fingerprint density at radius 2 is 2.14 bits per heavy atom. The molecule has 1 heterocycles. The number of nitro groups is 1. The molecule has 0 radical (unpaired) electrons. The van der Waals surface area contributed by atoms with Gasteiger partial charge in [-0.15, -0.1) is 0 Å². The van der Waals surface area contributed by atoms with Crippen molar-refractivity contribution in [3.05, 3.63) is 22.2 Å². The number of fused-ring (bicyclic) bond motifs is 1. The fourth-order valence-corrected chi connectivity index (χ4v) is 2.32. The lowest BCUT2D eigenvalue weighted by molar-refractivity contribution is -0.383. The smallest absolute Gasteiger partial charge is 0.305 e. The second-order valence-corrected chi connectivity index (χ2v) is 4.89. The lowest BCUT2D eigenvalue weighted by Gasteiger charge is -2.23. The van der Waals surface area contributed by atoms with Crippen molar-refractivity contribution in [1.82, 2.24) is 10.3 Å². The predicted octanol–water partition coefficient (Wildman–Crippen LogP) is 1.57. The number of rotatable bonds is 6. The summed E-state index contributed by atoms with van der Waals surface area (Å²) in [5.41, 5.74) is 0.824. The van der Waals surface area contributed by atoms with Gasteiger partial charge in [0.2, 0.25) is 5.52 Å². The molecule has 1 aliphatic rings. The minimum atomic E-state index is -0.892. The van der Waals surface area contributed by atoms with E-state index in [1.54, 1.807) is 6.07 Å². The van der Waals surface area contributed by atoms with Gasteiger partial charge in [-0.25, -0.2) is 4.63 Å². The Bertz CT molecular complexity index is 709. The number of aromatic nitrogens is 2. The third-order valence-electron chi connectivity index (χ3n) is 3.43. The lowest BCUT2D eigenvalue weighted by atomic mass is 10.2. The molecule has 1 N–H and O–H groups in total. The van der Waals surface area contributed by atoms with Gasteiger partial charge in [-0.05, 0) is 29.2 Å². The van der Waals surface area contributed by atoms with Gasteiger partial charge in [-0.3, -0.25) is 14.9 Å². The number of aliphatic carboxylic acids is 1. The third kappa shape index (κ3) is 2.49. The van der Waals surface area contributed by atoms with E-state index >= 15 is 0 Å². The van der Waals surface area contributed by atoms with E-state index in [0.29, 0.717) is 17.7 Å². The molecule has 3 rings (SSSR count). The fourth-order valence-electron chi connectivity index (χ4n) is 2.32. The molecule has 0 bridgehead atoms. The van der Waals surface area contributed by atoms with E-state index in [0.717, 1.165) is 12.8 Å². The minimum absolute atomic E-state index is 0.0136. The van der Waals surface area contributed by atoms with Crippen LogP contribution in [0.4, 0.5) is 11.4 Å². The fraction of sp³-hybridized carbons (Fsp3) is 0.417. The lowest BCUT2D eigenvalue weighted by Crippen LogP contribution is -2.28. The van der Waals surface area contributed by atoms with Crippen LogP contribution in [0.3, 0.4) is 0 Å². The molecule has 0 aliphatic heterocycles. The third-order valence-corrected chi connectivity index (χ3v) is 3.43. The number of non-ortho nitro benzene ring substituents is 1. The molecular weight excluding hydrogens is 280 g/mol. The molecule has 0 unspecified atom stereocenters. The Balaban J connectivity index is 2.02. The summed E-state index contributed by atoms with van der Waals surface area (Å²) in [6.45, 7) is 0.319. The highest BCUT2D eigenvalue weighted by atomic mass is 16.6. The average Bonchev–Trinajstić information content (AvgIpc) is 3.14. The Labute approximate surface area is 118 Å². The first kappa shape index (κ1) is 13.3. The highest BCUT2D eigenvalue weighted by molar-refractivity contribution is 5.94. The van der Waals surface area contributed by atoms with Crippen molar-refractivity contribution in [3.63, 3.8) is 0 Å². The van der Waals surface area contributed by atoms with Crippen LogP contribution in [-0.4, -0.2) is 38.9 Å². The Hall–Kier alpha value is -2.71. The van der Waals surface area contributed by atoms with E-state index in [4.69, 9.17) is 5.11 Å². The van der Waals surface area contributed by atoms with Crippen molar-refractivity contribution in [2.75, 3.05) is 11.4 Å². The summed E-state index contributed by atoms with van der Waals surface area (Å²) in [4.78, 5) is 23.1. The Kier molecular flexibility index (Phi) is 3.16. The van der Waals surface area contributed by atoms with Gasteiger partial charge in [-0.2, -0.15) is 0 Å². The molecule has 1 aliphatic carbocycles. The summed E-state index contributed by atoms with van der Waals surface area (Å²) >= 11 is 0. The van der Waals surface area contributed by atoms with Crippen LogP contribution < -0.4 is 4.90 Å². The first-order valence-electron chi connectivity index (χ1n) is 6.46. The van der Waals surface area contributed by atoms with Crippen molar-refractivity contribution in [2.45, 2.75) is 25.3 Å². The molecule has 21 heavy (non-hydrogen) atoms. The number of hydrogen-bond donors (Lipinski definition) is 1. The van der Waals surface area contributed by atoms with Gasteiger partial charge in [0.05, 0.1) is 17.0 Å². The van der Waals surface area contributed by atoms with E-state index < -0.39 is 10.9 Å². The molecule has 9 nitrogen and oxygen atoms in total. The van der Waals surface area contributed by atoms with Gasteiger partial charge in [0.25, 0.3) is 0 Å². The van der Waals surface area contributed by atoms with Crippen molar-refractivity contribution in [2.24, 2.45) is 0 Å². The van der Waals surface area contributed by atoms with Crippen molar-refractivity contribution >= 4 is 28.4 Å². The van der Waals surface area contributed by atoms with Crippen molar-refractivity contribution in [3.8, 4) is 0 Å². The number of benzene rings is 1. The monoisotopic (exact) mass is 292 g/mol. The summed E-state index contributed by atoms with van der Waals surface area (Å²) in [7, 11) is 0. The van der Waals surface area contributed by atoms with Crippen LogP contribution in [0.2, 0.25) is 0 Å². The maximum atomic E-state index is 11.0. The average molecular weight is 292 g/mol. The van der Waals surface area contributed by atoms with Gasteiger partial charge in [0, 0.05) is 18.7 Å². The molecule has 0 amide bonds. The first-order chi connectivity index (χ1) is 10.1. The highest BCUT2D eigenvalue weighted by Crippen LogP contribution is 2.37. The zero-order valence-electron chi connectivity index (χ0n) is 10.9. The van der Waals surface area contributed by atoms with Gasteiger partial charge in [0.15, 0.2) is 5.52 Å². The van der Waals surface area contributed by atoms with Gasteiger partial charge in [-0.1, -0.05) is 0 Å². The van der Waals surface area contributed by atoms with Crippen LogP contribution in [0.25, 0.3) is 11.0 Å². The standard InChI is InChI=1S/C12H12N4O5/c17-10(18)5-6-15(7-1-2-7)8-3-4-9(16(19)20)12-11(8)13-21-14-12/h3-4,7H,1-2,5-6H2,(H,17,18). The largest absolute Gasteiger partial charge is 0.481 e. The number of carbonyl (C=O) groups is 1. The van der Waals surface area contributed by atoms with Crippen LogP contribution in [0.15, 0.2) is 16.8 Å². The van der Waals surface area contributed by atoms with E-state index in [9.17, 15) is 14.9 Å². The Morgan fingerprint density at radius 3 is 2.76 bits per heavy atom. The molecule has 1 saturated carbocycles. The topological polar surface area (TPSA) is 123 Å². The summed E-state index contributed by atoms with van der Waals surface area (Å²) in [5.74, 6) is -0.892. The first-order valence-corrected chi connectivity index (χ1v) is 6.46. The molecular formula is C12H12N4O5. The molecule has 2 aromatic rings. The zero-order chi connectivity index (χ0) is 15.0. The predicted molar refractivity (Wildman–Crippen MR) is 71.1 cm³/mol.